The van der Waals surface area contributed by atoms with E-state index in [1.54, 1.807) is 6.20 Å². The van der Waals surface area contributed by atoms with Crippen molar-refractivity contribution in [3.05, 3.63) is 16.1 Å². The molecule has 1 rings (SSSR count). The minimum Gasteiger partial charge on any atom is -0.249 e. The summed E-state index contributed by atoms with van der Waals surface area (Å²) in [6, 6.07) is 0. The quantitative estimate of drug-likeness (QED) is 0.646. The fraction of sp³-hybridized carbons (Fsp3) is 0.571. The number of hydrogen-bond donors (Lipinski definition) is 0. The van der Waals surface area contributed by atoms with Crippen molar-refractivity contribution in [1.29, 1.82) is 0 Å². The van der Waals surface area contributed by atoms with Gasteiger partial charge >= 0.3 is 0 Å². The molecule has 0 fully saturated rings. The number of hydrogen-bond acceptors (Lipinski definition) is 2. The summed E-state index contributed by atoms with van der Waals surface area (Å²) in [6.45, 7) is 4.02. The summed E-state index contributed by atoms with van der Waals surface area (Å²) < 4.78 is 0. The Hall–Kier alpha value is -0.410. The van der Waals surface area contributed by atoms with Crippen molar-refractivity contribution < 1.29 is 5.11 Å². The fourth-order valence-electron chi connectivity index (χ4n) is 0.656. The molecule has 1 aromatic heterocycles. The van der Waals surface area contributed by atoms with Crippen LogP contribution < -0.4 is 0 Å². The van der Waals surface area contributed by atoms with E-state index in [4.69, 9.17) is 0 Å². The zero-order valence-electron chi connectivity index (χ0n) is 6.13. The maximum atomic E-state index is 10.3. The van der Waals surface area contributed by atoms with Crippen molar-refractivity contribution in [3.8, 4) is 0 Å². The first-order valence-electron chi connectivity index (χ1n) is 3.26. The monoisotopic (exact) mass is 156 g/mol. The summed E-state index contributed by atoms with van der Waals surface area (Å²) >= 11 is 1.52. The second-order valence-electron chi connectivity index (χ2n) is 2.46. The average molecular weight is 156 g/mol. The van der Waals surface area contributed by atoms with Gasteiger partial charge in [0.25, 0.3) is 0 Å². The molecule has 0 saturated heterocycles. The van der Waals surface area contributed by atoms with E-state index in [2.05, 4.69) is 18.8 Å². The average Bonchev–Trinajstić information content (AvgIpc) is 2.34. The minimum absolute atomic E-state index is 0.135. The Labute approximate surface area is 64.5 Å². The number of nitrogens with zero attached hydrogens (tertiary/aromatic N) is 1. The molecule has 0 aromatic carbocycles. The summed E-state index contributed by atoms with van der Waals surface area (Å²) in [7, 11) is 0. The minimum atomic E-state index is -0.135. The zero-order chi connectivity index (χ0) is 7.56. The van der Waals surface area contributed by atoms with E-state index in [0.717, 1.165) is 9.88 Å². The maximum absolute atomic E-state index is 10.3. The molecule has 1 aromatic rings. The third-order valence-corrected chi connectivity index (χ3v) is 2.48. The van der Waals surface area contributed by atoms with Crippen molar-refractivity contribution in [2.45, 2.75) is 26.4 Å². The van der Waals surface area contributed by atoms with E-state index in [9.17, 15) is 5.11 Å². The summed E-state index contributed by atoms with van der Waals surface area (Å²) in [5, 5.41) is 11.4. The first kappa shape index (κ1) is 7.69. The van der Waals surface area contributed by atoms with Crippen molar-refractivity contribution >= 4 is 11.3 Å². The third-order valence-electron chi connectivity index (χ3n) is 1.21. The summed E-state index contributed by atoms with van der Waals surface area (Å²) in [5.41, 5.74) is 0. The normalized spacial score (nSPS) is 10.8. The van der Waals surface area contributed by atoms with Gasteiger partial charge in [-0.15, -0.1) is 11.3 Å². The predicted octanol–water partition coefficient (Wildman–Crippen LogP) is 2.20. The van der Waals surface area contributed by atoms with Crippen molar-refractivity contribution in [3.63, 3.8) is 0 Å². The van der Waals surface area contributed by atoms with Gasteiger partial charge in [0.15, 0.2) is 0 Å². The molecule has 0 N–H and O–H groups in total. The summed E-state index contributed by atoms with van der Waals surface area (Å²) in [5.74, 6) is 0.449. The molecule has 10 heavy (non-hydrogen) atoms. The van der Waals surface area contributed by atoms with E-state index >= 15 is 0 Å². The van der Waals surface area contributed by atoms with Gasteiger partial charge in [-0.1, -0.05) is 13.8 Å². The van der Waals surface area contributed by atoms with Gasteiger partial charge in [0, 0.05) is 12.1 Å². The van der Waals surface area contributed by atoms with Gasteiger partial charge in [-0.2, -0.15) is 0 Å². The molecule has 0 unspecified atom stereocenters. The highest BCUT2D eigenvalue weighted by Crippen LogP contribution is 2.20. The Bertz CT molecular complexity index is 207. The summed E-state index contributed by atoms with van der Waals surface area (Å²) in [6.07, 6.45) is 1.67. The van der Waals surface area contributed by atoms with Gasteiger partial charge in [-0.05, 0) is 0 Å². The molecule has 0 aliphatic rings. The molecule has 1 heterocycles. The highest BCUT2D eigenvalue weighted by atomic mass is 32.1. The van der Waals surface area contributed by atoms with E-state index in [0.29, 0.717) is 5.92 Å². The molecule has 0 spiro atoms. The Kier molecular flexibility index (Phi) is 2.40. The van der Waals surface area contributed by atoms with Crippen LogP contribution in [-0.4, -0.2) is 4.98 Å². The van der Waals surface area contributed by atoms with Crippen molar-refractivity contribution in [1.82, 2.24) is 4.98 Å². The van der Waals surface area contributed by atoms with Crippen LogP contribution in [-0.2, 0) is 11.7 Å². The van der Waals surface area contributed by atoms with Crippen LogP contribution in [0.3, 0.4) is 0 Å². The summed E-state index contributed by atoms with van der Waals surface area (Å²) in [4.78, 5) is 4.94. The van der Waals surface area contributed by atoms with E-state index < -0.39 is 0 Å². The van der Waals surface area contributed by atoms with Crippen LogP contribution in [0.1, 0.15) is 29.7 Å². The standard InChI is InChI=1S/C7H10NOS/c1-5(2)7-8-3-6(4-9)10-7/h3,5H,4H2,1-2H3. The van der Waals surface area contributed by atoms with E-state index in [1.165, 1.54) is 11.3 Å². The molecule has 0 atom stereocenters. The van der Waals surface area contributed by atoms with Gasteiger partial charge in [-0.3, -0.25) is 0 Å². The molecule has 0 bridgehead atoms. The topological polar surface area (TPSA) is 32.8 Å². The molecule has 0 amide bonds. The maximum Gasteiger partial charge on any atom is 0.118 e. The highest BCUT2D eigenvalue weighted by molar-refractivity contribution is 7.11. The van der Waals surface area contributed by atoms with Crippen molar-refractivity contribution in [2.24, 2.45) is 0 Å². The van der Waals surface area contributed by atoms with Gasteiger partial charge in [0.1, 0.15) is 6.61 Å². The SMILES string of the molecule is CC(C)c1ncc(C[O])s1. The van der Waals surface area contributed by atoms with Gasteiger partial charge in [0.2, 0.25) is 0 Å². The highest BCUT2D eigenvalue weighted by Gasteiger charge is 2.04. The number of thiazole rings is 1. The second kappa shape index (κ2) is 3.12. The first-order chi connectivity index (χ1) is 4.74. The van der Waals surface area contributed by atoms with E-state index in [-0.39, 0.29) is 6.61 Å². The van der Waals surface area contributed by atoms with Crippen LogP contribution in [0.25, 0.3) is 0 Å². The van der Waals surface area contributed by atoms with E-state index in [1.807, 2.05) is 0 Å². The Morgan fingerprint density at radius 1 is 1.70 bits per heavy atom. The van der Waals surface area contributed by atoms with Crippen LogP contribution in [0.15, 0.2) is 6.20 Å². The Morgan fingerprint density at radius 3 is 2.70 bits per heavy atom. The van der Waals surface area contributed by atoms with Crippen LogP contribution in [0.4, 0.5) is 0 Å². The smallest absolute Gasteiger partial charge is 0.118 e. The second-order valence-corrected chi connectivity index (χ2v) is 3.61. The largest absolute Gasteiger partial charge is 0.249 e. The van der Waals surface area contributed by atoms with Crippen LogP contribution in [0.2, 0.25) is 0 Å². The molecule has 55 valence electrons. The number of aromatic nitrogens is 1. The van der Waals surface area contributed by atoms with Gasteiger partial charge in [-0.25, -0.2) is 10.1 Å². The lowest BCUT2D eigenvalue weighted by molar-refractivity contribution is 0.180. The molecule has 1 radical (unpaired) electrons. The predicted molar refractivity (Wildman–Crippen MR) is 40.6 cm³/mol. The molecule has 3 heteroatoms. The van der Waals surface area contributed by atoms with Crippen LogP contribution in [0, 0.1) is 0 Å². The van der Waals surface area contributed by atoms with Crippen molar-refractivity contribution in [2.75, 3.05) is 0 Å². The molecular formula is C7H10NOS. The zero-order valence-corrected chi connectivity index (χ0v) is 6.94. The lowest BCUT2D eigenvalue weighted by atomic mass is 10.2. The first-order valence-corrected chi connectivity index (χ1v) is 4.08. The third kappa shape index (κ3) is 1.55. The molecule has 2 nitrogen and oxygen atoms in total. The fourth-order valence-corrected chi connectivity index (χ4v) is 1.43. The molecule has 0 saturated carbocycles. The Balaban J connectivity index is 2.78. The molecule has 0 aliphatic carbocycles. The number of rotatable bonds is 2. The molecule has 0 aliphatic heterocycles. The lowest BCUT2D eigenvalue weighted by Crippen LogP contribution is -1.81. The van der Waals surface area contributed by atoms with Crippen LogP contribution in [0.5, 0.6) is 0 Å². The van der Waals surface area contributed by atoms with Gasteiger partial charge in [0.05, 0.1) is 9.88 Å². The molecular weight excluding hydrogens is 146 g/mol. The van der Waals surface area contributed by atoms with Gasteiger partial charge < -0.3 is 0 Å². The van der Waals surface area contributed by atoms with Crippen LogP contribution >= 0.6 is 11.3 Å². The Morgan fingerprint density at radius 2 is 2.40 bits per heavy atom. The lowest BCUT2D eigenvalue weighted by Gasteiger charge is -1.94.